The molecule has 16 heavy (non-hydrogen) atoms. The van der Waals surface area contributed by atoms with Gasteiger partial charge in [0, 0.05) is 6.04 Å². The first-order chi connectivity index (χ1) is 7.49. The molecule has 1 rings (SSSR count). The third kappa shape index (κ3) is 4.09. The first-order valence-electron chi connectivity index (χ1n) is 5.97. The minimum Gasteiger partial charge on any atom is -0.397 e. The topological polar surface area (TPSA) is 50.9 Å². The van der Waals surface area contributed by atoms with Gasteiger partial charge in [-0.25, -0.2) is 4.98 Å². The van der Waals surface area contributed by atoms with E-state index in [1.807, 2.05) is 13.0 Å². The van der Waals surface area contributed by atoms with Crippen molar-refractivity contribution in [2.24, 2.45) is 5.92 Å². The van der Waals surface area contributed by atoms with E-state index in [9.17, 15) is 0 Å². The zero-order chi connectivity index (χ0) is 12.1. The Morgan fingerprint density at radius 1 is 1.31 bits per heavy atom. The Kier molecular flexibility index (Phi) is 4.59. The maximum Gasteiger partial charge on any atom is 0.126 e. The van der Waals surface area contributed by atoms with Crippen LogP contribution >= 0.6 is 0 Å². The summed E-state index contributed by atoms with van der Waals surface area (Å²) in [6, 6.07) is 2.46. The van der Waals surface area contributed by atoms with Crippen LogP contribution in [0.5, 0.6) is 0 Å². The molecule has 0 saturated carbocycles. The van der Waals surface area contributed by atoms with Gasteiger partial charge in [0.25, 0.3) is 0 Å². The van der Waals surface area contributed by atoms with Crippen LogP contribution in [0.2, 0.25) is 0 Å². The van der Waals surface area contributed by atoms with Crippen molar-refractivity contribution in [3.05, 3.63) is 17.8 Å². The molecule has 1 aromatic heterocycles. The zero-order valence-electron chi connectivity index (χ0n) is 10.7. The van der Waals surface area contributed by atoms with Crippen molar-refractivity contribution < 1.29 is 0 Å². The van der Waals surface area contributed by atoms with E-state index in [0.29, 0.717) is 6.04 Å². The second-order valence-electron chi connectivity index (χ2n) is 4.94. The van der Waals surface area contributed by atoms with Gasteiger partial charge in [-0.1, -0.05) is 13.8 Å². The number of nitrogens with one attached hydrogen (secondary N) is 1. The van der Waals surface area contributed by atoms with E-state index in [2.05, 4.69) is 31.1 Å². The van der Waals surface area contributed by atoms with Gasteiger partial charge >= 0.3 is 0 Å². The maximum atomic E-state index is 5.73. The molecular weight excluding hydrogens is 198 g/mol. The summed E-state index contributed by atoms with van der Waals surface area (Å²) in [4.78, 5) is 4.27. The lowest BCUT2D eigenvalue weighted by molar-refractivity contribution is 0.527. The summed E-state index contributed by atoms with van der Waals surface area (Å²) >= 11 is 0. The number of aromatic nitrogens is 1. The molecule has 0 saturated heterocycles. The highest BCUT2D eigenvalue weighted by atomic mass is 15.0. The summed E-state index contributed by atoms with van der Waals surface area (Å²) in [5, 5.41) is 3.40. The van der Waals surface area contributed by atoms with Gasteiger partial charge in [0.05, 0.1) is 11.9 Å². The van der Waals surface area contributed by atoms with E-state index in [4.69, 9.17) is 5.73 Å². The van der Waals surface area contributed by atoms with Gasteiger partial charge in [-0.05, 0) is 44.2 Å². The van der Waals surface area contributed by atoms with Gasteiger partial charge in [-0.2, -0.15) is 0 Å². The average Bonchev–Trinajstić information content (AvgIpc) is 2.21. The van der Waals surface area contributed by atoms with Crippen molar-refractivity contribution >= 4 is 11.5 Å². The lowest BCUT2D eigenvalue weighted by Gasteiger charge is -2.16. The van der Waals surface area contributed by atoms with E-state index >= 15 is 0 Å². The predicted octanol–water partition coefficient (Wildman–Crippen LogP) is 3.21. The van der Waals surface area contributed by atoms with E-state index in [1.165, 1.54) is 12.8 Å². The first-order valence-corrected chi connectivity index (χ1v) is 5.97. The zero-order valence-corrected chi connectivity index (χ0v) is 10.7. The molecule has 0 amide bonds. The number of nitrogens with zero attached hydrogens (tertiary/aromatic N) is 1. The molecule has 0 aromatic carbocycles. The number of pyridine rings is 1. The fourth-order valence-electron chi connectivity index (χ4n) is 1.55. The molecule has 0 aliphatic carbocycles. The predicted molar refractivity (Wildman–Crippen MR) is 70.5 cm³/mol. The Morgan fingerprint density at radius 2 is 2.00 bits per heavy atom. The molecule has 3 heteroatoms. The molecule has 1 heterocycles. The van der Waals surface area contributed by atoms with Crippen molar-refractivity contribution in [3.8, 4) is 0 Å². The van der Waals surface area contributed by atoms with Crippen LogP contribution in [0.3, 0.4) is 0 Å². The lowest BCUT2D eigenvalue weighted by Crippen LogP contribution is -2.16. The molecule has 90 valence electrons. The number of hydrogen-bond donors (Lipinski definition) is 2. The molecule has 1 aromatic rings. The van der Waals surface area contributed by atoms with Crippen LogP contribution in [0.15, 0.2) is 12.3 Å². The second-order valence-corrected chi connectivity index (χ2v) is 4.94. The Bertz CT molecular complexity index is 334. The van der Waals surface area contributed by atoms with E-state index in [1.54, 1.807) is 6.20 Å². The van der Waals surface area contributed by atoms with Gasteiger partial charge < -0.3 is 11.1 Å². The van der Waals surface area contributed by atoms with Crippen LogP contribution < -0.4 is 11.1 Å². The highest BCUT2D eigenvalue weighted by molar-refractivity contribution is 5.51. The molecule has 3 nitrogen and oxygen atoms in total. The number of nitrogen functional groups attached to an aromatic ring is 1. The van der Waals surface area contributed by atoms with E-state index < -0.39 is 0 Å². The van der Waals surface area contributed by atoms with Crippen LogP contribution in [0.4, 0.5) is 11.5 Å². The van der Waals surface area contributed by atoms with Gasteiger partial charge in [0.2, 0.25) is 0 Å². The highest BCUT2D eigenvalue weighted by Crippen LogP contribution is 2.15. The normalized spacial score (nSPS) is 12.8. The van der Waals surface area contributed by atoms with Gasteiger partial charge in [-0.3, -0.25) is 0 Å². The van der Waals surface area contributed by atoms with E-state index in [0.717, 1.165) is 23.0 Å². The molecule has 0 spiro atoms. The smallest absolute Gasteiger partial charge is 0.126 e. The van der Waals surface area contributed by atoms with Crippen LogP contribution in [0.25, 0.3) is 0 Å². The van der Waals surface area contributed by atoms with Crippen molar-refractivity contribution in [1.82, 2.24) is 4.98 Å². The fraction of sp³-hybridized carbons (Fsp3) is 0.615. The molecule has 0 radical (unpaired) electrons. The summed E-state index contributed by atoms with van der Waals surface area (Å²) in [6.45, 7) is 8.69. The third-order valence-corrected chi connectivity index (χ3v) is 2.72. The molecular formula is C13H23N3. The standard InChI is InChI=1S/C13H23N3/c1-9(2)5-6-11(4)16-13-7-10(3)12(14)8-15-13/h7-9,11H,5-6,14H2,1-4H3,(H,15,16). The van der Waals surface area contributed by atoms with Gasteiger partial charge in [0.15, 0.2) is 0 Å². The number of aryl methyl sites for hydroxylation is 1. The van der Waals surface area contributed by atoms with Gasteiger partial charge in [0.1, 0.15) is 5.82 Å². The lowest BCUT2D eigenvalue weighted by atomic mass is 10.0. The van der Waals surface area contributed by atoms with E-state index in [-0.39, 0.29) is 0 Å². The summed E-state index contributed by atoms with van der Waals surface area (Å²) in [6.07, 6.45) is 4.12. The van der Waals surface area contributed by atoms with Crippen LogP contribution in [0, 0.1) is 12.8 Å². The van der Waals surface area contributed by atoms with Crippen molar-refractivity contribution in [2.45, 2.75) is 46.6 Å². The number of hydrogen-bond acceptors (Lipinski definition) is 3. The Balaban J connectivity index is 2.49. The summed E-state index contributed by atoms with van der Waals surface area (Å²) in [7, 11) is 0. The molecule has 0 fully saturated rings. The minimum atomic E-state index is 0.456. The summed E-state index contributed by atoms with van der Waals surface area (Å²) < 4.78 is 0. The molecule has 0 bridgehead atoms. The minimum absolute atomic E-state index is 0.456. The van der Waals surface area contributed by atoms with Crippen LogP contribution in [0.1, 0.15) is 39.2 Å². The number of anilines is 2. The SMILES string of the molecule is Cc1cc(NC(C)CCC(C)C)ncc1N. The largest absolute Gasteiger partial charge is 0.397 e. The van der Waals surface area contributed by atoms with Crippen LogP contribution in [-0.2, 0) is 0 Å². The molecule has 3 N–H and O–H groups in total. The molecule has 1 atom stereocenters. The second kappa shape index (κ2) is 5.73. The molecule has 0 aliphatic rings. The summed E-state index contributed by atoms with van der Waals surface area (Å²) in [5.41, 5.74) is 7.56. The Labute approximate surface area is 98.5 Å². The number of rotatable bonds is 5. The van der Waals surface area contributed by atoms with Crippen molar-refractivity contribution in [3.63, 3.8) is 0 Å². The Morgan fingerprint density at radius 3 is 2.56 bits per heavy atom. The van der Waals surface area contributed by atoms with Crippen molar-refractivity contribution in [1.29, 1.82) is 0 Å². The quantitative estimate of drug-likeness (QED) is 0.802. The first kappa shape index (κ1) is 12.8. The Hall–Kier alpha value is -1.25. The number of nitrogens with two attached hydrogens (primary N) is 1. The highest BCUT2D eigenvalue weighted by Gasteiger charge is 2.05. The maximum absolute atomic E-state index is 5.73. The monoisotopic (exact) mass is 221 g/mol. The van der Waals surface area contributed by atoms with Gasteiger partial charge in [-0.15, -0.1) is 0 Å². The van der Waals surface area contributed by atoms with Crippen LogP contribution in [-0.4, -0.2) is 11.0 Å². The summed E-state index contributed by atoms with van der Waals surface area (Å²) in [5.74, 6) is 1.67. The molecule has 1 unspecified atom stereocenters. The van der Waals surface area contributed by atoms with Crippen molar-refractivity contribution in [2.75, 3.05) is 11.1 Å². The third-order valence-electron chi connectivity index (χ3n) is 2.72. The fourth-order valence-corrected chi connectivity index (χ4v) is 1.55. The molecule has 0 aliphatic heterocycles. The average molecular weight is 221 g/mol.